The predicted octanol–water partition coefficient (Wildman–Crippen LogP) is 4.62. The van der Waals surface area contributed by atoms with E-state index in [0.29, 0.717) is 17.4 Å². The fourth-order valence-electron chi connectivity index (χ4n) is 3.28. The third-order valence-corrected chi connectivity index (χ3v) is 5.88. The highest BCUT2D eigenvalue weighted by Gasteiger charge is 2.16. The average molecular weight is 496 g/mol. The number of anilines is 2. The zero-order valence-electron chi connectivity index (χ0n) is 19.4. The van der Waals surface area contributed by atoms with Crippen molar-refractivity contribution in [1.29, 1.82) is 0 Å². The minimum Gasteiger partial charge on any atom is -0.481 e. The molecule has 0 saturated heterocycles. The number of unbranched alkanes of at least 4 members (excludes halogenated alkanes) is 1. The Labute approximate surface area is 208 Å². The van der Waals surface area contributed by atoms with Gasteiger partial charge in [0.15, 0.2) is 5.13 Å². The van der Waals surface area contributed by atoms with Crippen LogP contribution >= 0.6 is 11.3 Å². The van der Waals surface area contributed by atoms with Crippen LogP contribution < -0.4 is 21.3 Å². The number of urea groups is 1. The van der Waals surface area contributed by atoms with Gasteiger partial charge in [0.1, 0.15) is 5.69 Å². The summed E-state index contributed by atoms with van der Waals surface area (Å²) < 4.78 is 0. The third-order valence-electron chi connectivity index (χ3n) is 5.12. The molecule has 0 aliphatic heterocycles. The van der Waals surface area contributed by atoms with Gasteiger partial charge in [0.2, 0.25) is 0 Å². The number of aromatic nitrogens is 1. The fourth-order valence-corrected chi connectivity index (χ4v) is 3.97. The second-order valence-corrected chi connectivity index (χ2v) is 8.72. The molecule has 0 aliphatic carbocycles. The van der Waals surface area contributed by atoms with E-state index in [-0.39, 0.29) is 18.2 Å². The third kappa shape index (κ3) is 8.51. The Morgan fingerprint density at radius 3 is 2.46 bits per heavy atom. The van der Waals surface area contributed by atoms with Gasteiger partial charge in [0.05, 0.1) is 6.42 Å². The zero-order valence-corrected chi connectivity index (χ0v) is 20.2. The number of rotatable bonds is 12. The van der Waals surface area contributed by atoms with Crippen molar-refractivity contribution >= 4 is 40.1 Å². The minimum atomic E-state index is -0.877. The van der Waals surface area contributed by atoms with E-state index in [2.05, 4.69) is 33.2 Å². The largest absolute Gasteiger partial charge is 0.481 e. The van der Waals surface area contributed by atoms with Crippen LogP contribution in [-0.2, 0) is 11.3 Å². The van der Waals surface area contributed by atoms with Crippen LogP contribution in [0, 0.1) is 0 Å². The highest BCUT2D eigenvalue weighted by Crippen LogP contribution is 2.21. The number of hydrogen-bond donors (Lipinski definition) is 5. The highest BCUT2D eigenvalue weighted by molar-refractivity contribution is 7.14. The molecule has 0 radical (unpaired) electrons. The van der Waals surface area contributed by atoms with Crippen molar-refractivity contribution in [2.24, 2.45) is 0 Å². The molecule has 10 heteroatoms. The molecule has 1 atom stereocenters. The Morgan fingerprint density at radius 2 is 1.77 bits per heavy atom. The molecule has 1 heterocycles. The summed E-state index contributed by atoms with van der Waals surface area (Å²) in [6, 6.07) is 15.9. The van der Waals surface area contributed by atoms with Crippen LogP contribution in [-0.4, -0.2) is 34.5 Å². The summed E-state index contributed by atoms with van der Waals surface area (Å²) in [5.74, 6) is -1.28. The summed E-state index contributed by atoms with van der Waals surface area (Å²) in [5, 5.41) is 22.5. The highest BCUT2D eigenvalue weighted by atomic mass is 32.1. The van der Waals surface area contributed by atoms with Crippen molar-refractivity contribution in [3.05, 3.63) is 76.8 Å². The molecule has 1 aromatic heterocycles. The minimum absolute atomic E-state index is 0.0249. The SMILES string of the molecule is CCCCNC(CC(=O)O)c1ccc(NC(=O)c2csc(NC(=O)NCc3ccccc3)n2)cc1. The van der Waals surface area contributed by atoms with E-state index in [1.807, 2.05) is 30.3 Å². The Hall–Kier alpha value is -3.76. The van der Waals surface area contributed by atoms with Gasteiger partial charge in [-0.25, -0.2) is 9.78 Å². The quantitative estimate of drug-likeness (QED) is 0.233. The number of nitrogens with one attached hydrogen (secondary N) is 4. The van der Waals surface area contributed by atoms with Crippen LogP contribution in [0.4, 0.5) is 15.6 Å². The molecule has 2 aromatic carbocycles. The van der Waals surface area contributed by atoms with Gasteiger partial charge in [0, 0.05) is 23.7 Å². The number of carboxylic acids is 1. The van der Waals surface area contributed by atoms with Gasteiger partial charge in [-0.05, 0) is 36.2 Å². The molecule has 0 spiro atoms. The van der Waals surface area contributed by atoms with Crippen LogP contribution in [0.1, 0.15) is 53.8 Å². The maximum absolute atomic E-state index is 12.6. The number of hydrogen-bond acceptors (Lipinski definition) is 6. The first-order chi connectivity index (χ1) is 16.9. The maximum Gasteiger partial charge on any atom is 0.321 e. The predicted molar refractivity (Wildman–Crippen MR) is 137 cm³/mol. The Kier molecular flexibility index (Phi) is 9.76. The van der Waals surface area contributed by atoms with E-state index in [1.54, 1.807) is 29.6 Å². The van der Waals surface area contributed by atoms with Gasteiger partial charge in [-0.15, -0.1) is 11.3 Å². The van der Waals surface area contributed by atoms with E-state index in [0.717, 1.165) is 41.9 Å². The van der Waals surface area contributed by atoms with Gasteiger partial charge in [-0.2, -0.15) is 0 Å². The topological polar surface area (TPSA) is 132 Å². The normalized spacial score (nSPS) is 11.5. The first-order valence-corrected chi connectivity index (χ1v) is 12.2. The van der Waals surface area contributed by atoms with Crippen LogP contribution in [0.3, 0.4) is 0 Å². The number of carbonyl (C=O) groups is 3. The maximum atomic E-state index is 12.6. The van der Waals surface area contributed by atoms with Crippen molar-refractivity contribution in [3.63, 3.8) is 0 Å². The lowest BCUT2D eigenvalue weighted by atomic mass is 10.0. The summed E-state index contributed by atoms with van der Waals surface area (Å²) in [4.78, 5) is 40.1. The molecular formula is C25H29N5O4S. The monoisotopic (exact) mass is 495 g/mol. The molecule has 3 amide bonds. The van der Waals surface area contributed by atoms with Crippen LogP contribution in [0.25, 0.3) is 0 Å². The molecular weight excluding hydrogens is 466 g/mol. The van der Waals surface area contributed by atoms with Crippen molar-refractivity contribution in [3.8, 4) is 0 Å². The number of amides is 3. The number of carbonyl (C=O) groups excluding carboxylic acids is 2. The van der Waals surface area contributed by atoms with Gasteiger partial charge in [0.25, 0.3) is 5.91 Å². The average Bonchev–Trinajstić information content (AvgIpc) is 3.32. The molecule has 1 unspecified atom stereocenters. The van der Waals surface area contributed by atoms with Crippen LogP contribution in [0.5, 0.6) is 0 Å². The number of aliphatic carboxylic acids is 1. The number of carboxylic acid groups (broad SMARTS) is 1. The lowest BCUT2D eigenvalue weighted by Crippen LogP contribution is -2.28. The Morgan fingerprint density at radius 1 is 1.03 bits per heavy atom. The molecule has 0 aliphatic rings. The molecule has 35 heavy (non-hydrogen) atoms. The summed E-state index contributed by atoms with van der Waals surface area (Å²) in [5.41, 5.74) is 2.55. The van der Waals surface area contributed by atoms with Crippen LogP contribution in [0.15, 0.2) is 60.0 Å². The van der Waals surface area contributed by atoms with Gasteiger partial charge < -0.3 is 21.1 Å². The second kappa shape index (κ2) is 13.2. The van der Waals surface area contributed by atoms with E-state index in [4.69, 9.17) is 0 Å². The molecule has 3 aromatic rings. The second-order valence-electron chi connectivity index (χ2n) is 7.87. The number of thiazole rings is 1. The van der Waals surface area contributed by atoms with E-state index < -0.39 is 17.9 Å². The summed E-state index contributed by atoms with van der Waals surface area (Å²) >= 11 is 1.15. The van der Waals surface area contributed by atoms with Gasteiger partial charge >= 0.3 is 12.0 Å². The summed E-state index contributed by atoms with van der Waals surface area (Å²) in [6.45, 7) is 3.19. The van der Waals surface area contributed by atoms with E-state index >= 15 is 0 Å². The van der Waals surface area contributed by atoms with Crippen molar-refractivity contribution in [1.82, 2.24) is 15.6 Å². The number of nitrogens with zero attached hydrogens (tertiary/aromatic N) is 1. The zero-order chi connectivity index (χ0) is 25.0. The van der Waals surface area contributed by atoms with E-state index in [9.17, 15) is 19.5 Å². The Balaban J connectivity index is 1.53. The van der Waals surface area contributed by atoms with Crippen LogP contribution in [0.2, 0.25) is 0 Å². The van der Waals surface area contributed by atoms with Crippen molar-refractivity contribution < 1.29 is 19.5 Å². The first-order valence-electron chi connectivity index (χ1n) is 11.4. The standard InChI is InChI=1S/C25H29N5O4S/c1-2-3-13-26-20(14-22(31)32)18-9-11-19(12-10-18)28-23(33)21-16-35-25(29-21)30-24(34)27-15-17-7-5-4-6-8-17/h4-12,16,20,26H,2-3,13-15H2,1H3,(H,28,33)(H,31,32)(H2,27,29,30,34). The molecule has 0 fully saturated rings. The molecule has 0 bridgehead atoms. The molecule has 0 saturated carbocycles. The lowest BCUT2D eigenvalue weighted by molar-refractivity contribution is -0.137. The summed E-state index contributed by atoms with van der Waals surface area (Å²) in [7, 11) is 0. The smallest absolute Gasteiger partial charge is 0.321 e. The van der Waals surface area contributed by atoms with Gasteiger partial charge in [-0.1, -0.05) is 55.8 Å². The Bertz CT molecular complexity index is 1120. The molecule has 184 valence electrons. The van der Waals surface area contributed by atoms with Crippen molar-refractivity contribution in [2.75, 3.05) is 17.2 Å². The molecule has 9 nitrogen and oxygen atoms in total. The molecule has 5 N–H and O–H groups in total. The number of benzene rings is 2. The lowest BCUT2D eigenvalue weighted by Gasteiger charge is -2.17. The molecule has 3 rings (SSSR count). The first kappa shape index (κ1) is 25.9. The van der Waals surface area contributed by atoms with Gasteiger partial charge in [-0.3, -0.25) is 14.9 Å². The van der Waals surface area contributed by atoms with Crippen molar-refractivity contribution in [2.45, 2.75) is 38.8 Å². The summed E-state index contributed by atoms with van der Waals surface area (Å²) in [6.07, 6.45) is 1.95. The fraction of sp³-hybridized carbons (Fsp3) is 0.280. The van der Waals surface area contributed by atoms with E-state index in [1.165, 1.54) is 0 Å².